The number of ether oxygens (including phenoxy) is 2. The van der Waals surface area contributed by atoms with Crippen LogP contribution in [0.3, 0.4) is 0 Å². The van der Waals surface area contributed by atoms with Gasteiger partial charge >= 0.3 is 6.18 Å². The molecular formula is C19H23F3N8O2. The van der Waals surface area contributed by atoms with Crippen molar-refractivity contribution < 1.29 is 22.6 Å². The Morgan fingerprint density at radius 2 is 2.16 bits per heavy atom. The van der Waals surface area contributed by atoms with Crippen LogP contribution in [-0.4, -0.2) is 80.5 Å². The third-order valence-electron chi connectivity index (χ3n) is 4.90. The summed E-state index contributed by atoms with van der Waals surface area (Å²) >= 11 is 0. The molecule has 172 valence electrons. The lowest BCUT2D eigenvalue weighted by molar-refractivity contribution is -0.140. The van der Waals surface area contributed by atoms with Gasteiger partial charge in [-0.3, -0.25) is 4.90 Å². The summed E-state index contributed by atoms with van der Waals surface area (Å²) in [6.45, 7) is 1.81. The summed E-state index contributed by atoms with van der Waals surface area (Å²) in [7, 11) is 1.56. The first kappa shape index (κ1) is 22.3. The average molecular weight is 452 g/mol. The van der Waals surface area contributed by atoms with Crippen molar-refractivity contribution in [3.8, 4) is 0 Å². The Morgan fingerprint density at radius 1 is 1.28 bits per heavy atom. The summed E-state index contributed by atoms with van der Waals surface area (Å²) in [5.74, 6) is 0.647. The van der Waals surface area contributed by atoms with Crippen LogP contribution in [0, 0.1) is 0 Å². The second-order valence-electron chi connectivity index (χ2n) is 7.31. The number of imidazole rings is 1. The van der Waals surface area contributed by atoms with E-state index in [4.69, 9.17) is 9.47 Å². The zero-order valence-corrected chi connectivity index (χ0v) is 17.4. The molecule has 4 rings (SSSR count). The van der Waals surface area contributed by atoms with Crippen LogP contribution < -0.4 is 5.32 Å². The molecule has 32 heavy (non-hydrogen) atoms. The molecule has 1 atom stereocenters. The fourth-order valence-electron chi connectivity index (χ4n) is 3.45. The molecule has 0 bridgehead atoms. The molecule has 0 saturated carbocycles. The Hall–Kier alpha value is -2.90. The Morgan fingerprint density at radius 3 is 2.91 bits per heavy atom. The van der Waals surface area contributed by atoms with E-state index in [1.165, 1.54) is 6.33 Å². The van der Waals surface area contributed by atoms with Crippen LogP contribution in [0.25, 0.3) is 11.2 Å². The number of anilines is 1. The van der Waals surface area contributed by atoms with Crippen molar-refractivity contribution in [2.75, 3.05) is 45.3 Å². The fourth-order valence-corrected chi connectivity index (χ4v) is 3.45. The quantitative estimate of drug-likeness (QED) is 0.513. The first-order chi connectivity index (χ1) is 15.4. The van der Waals surface area contributed by atoms with E-state index >= 15 is 0 Å². The third-order valence-corrected chi connectivity index (χ3v) is 4.90. The number of hydrogen-bond donors (Lipinski definition) is 1. The molecule has 10 nitrogen and oxygen atoms in total. The first-order valence-electron chi connectivity index (χ1n) is 10.0. The van der Waals surface area contributed by atoms with E-state index in [1.807, 2.05) is 6.07 Å². The third kappa shape index (κ3) is 5.47. The summed E-state index contributed by atoms with van der Waals surface area (Å²) in [4.78, 5) is 23.4. The van der Waals surface area contributed by atoms with Gasteiger partial charge in [0.05, 0.1) is 25.2 Å². The summed E-state index contributed by atoms with van der Waals surface area (Å²) in [5, 5.41) is 3.08. The van der Waals surface area contributed by atoms with Crippen molar-refractivity contribution in [2.45, 2.75) is 25.4 Å². The SMILES string of the molecule is COCCNc1nc(C2CN(Cc3ccncn3)CCO2)nc2c1ncn2CC(F)(F)F. The number of hydrogen-bond acceptors (Lipinski definition) is 9. The number of morpholine rings is 1. The number of nitrogens with zero attached hydrogens (tertiary/aromatic N) is 7. The molecule has 4 heterocycles. The maximum absolute atomic E-state index is 13.0. The van der Waals surface area contributed by atoms with Crippen LogP contribution in [0.4, 0.5) is 19.0 Å². The standard InChI is InChI=1S/C19H23F3N8O2/c1-31-6-4-24-17-15-18(30(12-26-15)10-19(20,21)22)28-16(27-17)14-9-29(5-7-32-14)8-13-2-3-23-11-25-13/h2-3,11-12,14H,4-10H2,1H3,(H,24,27,28). The molecule has 1 unspecified atom stereocenters. The van der Waals surface area contributed by atoms with Crippen LogP contribution in [0.15, 0.2) is 24.9 Å². The topological polar surface area (TPSA) is 103 Å². The Bertz CT molecular complexity index is 1030. The van der Waals surface area contributed by atoms with Gasteiger partial charge in [-0.05, 0) is 6.07 Å². The maximum Gasteiger partial charge on any atom is 0.406 e. The van der Waals surface area contributed by atoms with Gasteiger partial charge in [-0.2, -0.15) is 13.2 Å². The summed E-state index contributed by atoms with van der Waals surface area (Å²) < 4.78 is 51.0. The van der Waals surface area contributed by atoms with Gasteiger partial charge in [0, 0.05) is 39.5 Å². The number of methoxy groups -OCH3 is 1. The monoisotopic (exact) mass is 452 g/mol. The molecule has 1 aliphatic heterocycles. The smallest absolute Gasteiger partial charge is 0.383 e. The molecule has 0 aromatic carbocycles. The Kier molecular flexibility index (Phi) is 6.77. The molecule has 0 spiro atoms. The Labute approximate surface area is 181 Å². The minimum absolute atomic E-state index is 0.101. The number of fused-ring (bicyclic) bond motifs is 1. The van der Waals surface area contributed by atoms with Crippen LogP contribution in [0.1, 0.15) is 17.6 Å². The lowest BCUT2D eigenvalue weighted by Gasteiger charge is -2.32. The molecule has 13 heteroatoms. The molecule has 0 amide bonds. The minimum atomic E-state index is -4.40. The fraction of sp³-hybridized carbons (Fsp3) is 0.526. The lowest BCUT2D eigenvalue weighted by atomic mass is 10.2. The number of nitrogens with one attached hydrogen (secondary N) is 1. The summed E-state index contributed by atoms with van der Waals surface area (Å²) in [5.41, 5.74) is 1.23. The second kappa shape index (κ2) is 9.71. The lowest BCUT2D eigenvalue weighted by Crippen LogP contribution is -2.38. The largest absolute Gasteiger partial charge is 0.406 e. The first-order valence-corrected chi connectivity index (χ1v) is 10.0. The van der Waals surface area contributed by atoms with Gasteiger partial charge in [-0.1, -0.05) is 0 Å². The van der Waals surface area contributed by atoms with Crippen LogP contribution >= 0.6 is 0 Å². The molecule has 0 radical (unpaired) electrons. The number of alkyl halides is 3. The van der Waals surface area contributed by atoms with E-state index in [1.54, 1.807) is 13.3 Å². The van der Waals surface area contributed by atoms with Gasteiger partial charge in [0.1, 0.15) is 24.5 Å². The van der Waals surface area contributed by atoms with Gasteiger partial charge in [0.2, 0.25) is 0 Å². The zero-order valence-electron chi connectivity index (χ0n) is 17.4. The second-order valence-corrected chi connectivity index (χ2v) is 7.31. The van der Waals surface area contributed by atoms with E-state index < -0.39 is 18.8 Å². The van der Waals surface area contributed by atoms with Crippen LogP contribution in [0.5, 0.6) is 0 Å². The number of halogens is 3. The van der Waals surface area contributed by atoms with Crippen molar-refractivity contribution in [3.63, 3.8) is 0 Å². The predicted octanol–water partition coefficient (Wildman–Crippen LogP) is 1.81. The highest BCUT2D eigenvalue weighted by Crippen LogP contribution is 2.27. The van der Waals surface area contributed by atoms with Crippen molar-refractivity contribution >= 4 is 17.0 Å². The zero-order chi connectivity index (χ0) is 22.6. The molecule has 1 saturated heterocycles. The van der Waals surface area contributed by atoms with E-state index in [-0.39, 0.29) is 11.2 Å². The van der Waals surface area contributed by atoms with E-state index in [0.717, 1.165) is 16.6 Å². The van der Waals surface area contributed by atoms with E-state index in [0.29, 0.717) is 51.0 Å². The summed E-state index contributed by atoms with van der Waals surface area (Å²) in [6.07, 6.45) is -0.618. The minimum Gasteiger partial charge on any atom is -0.383 e. The van der Waals surface area contributed by atoms with Crippen molar-refractivity contribution in [2.24, 2.45) is 0 Å². The van der Waals surface area contributed by atoms with Gasteiger partial charge < -0.3 is 19.4 Å². The van der Waals surface area contributed by atoms with Gasteiger partial charge in [-0.25, -0.2) is 24.9 Å². The van der Waals surface area contributed by atoms with Crippen molar-refractivity contribution in [3.05, 3.63) is 36.4 Å². The molecule has 3 aromatic rings. The Balaban J connectivity index is 1.62. The van der Waals surface area contributed by atoms with E-state index in [9.17, 15) is 13.2 Å². The highest BCUT2D eigenvalue weighted by atomic mass is 19.4. The molecule has 1 N–H and O–H groups in total. The van der Waals surface area contributed by atoms with Gasteiger partial charge in [-0.15, -0.1) is 0 Å². The van der Waals surface area contributed by atoms with Gasteiger partial charge in [0.25, 0.3) is 0 Å². The highest BCUT2D eigenvalue weighted by Gasteiger charge is 2.31. The predicted molar refractivity (Wildman–Crippen MR) is 108 cm³/mol. The van der Waals surface area contributed by atoms with E-state index in [2.05, 4.69) is 35.1 Å². The number of aromatic nitrogens is 6. The molecule has 0 aliphatic carbocycles. The van der Waals surface area contributed by atoms with Crippen molar-refractivity contribution in [1.29, 1.82) is 0 Å². The van der Waals surface area contributed by atoms with Crippen LogP contribution in [0.2, 0.25) is 0 Å². The summed E-state index contributed by atoms with van der Waals surface area (Å²) in [6, 6.07) is 1.83. The number of rotatable bonds is 8. The molecular weight excluding hydrogens is 429 g/mol. The molecule has 1 fully saturated rings. The van der Waals surface area contributed by atoms with Gasteiger partial charge in [0.15, 0.2) is 17.3 Å². The van der Waals surface area contributed by atoms with Crippen LogP contribution in [-0.2, 0) is 22.6 Å². The normalized spacial score (nSPS) is 17.7. The van der Waals surface area contributed by atoms with Crippen molar-refractivity contribution in [1.82, 2.24) is 34.4 Å². The average Bonchev–Trinajstić information content (AvgIpc) is 3.16. The molecule has 3 aromatic heterocycles. The molecule has 1 aliphatic rings. The maximum atomic E-state index is 13.0. The highest BCUT2D eigenvalue weighted by molar-refractivity contribution is 5.83.